The molecule has 0 aliphatic carbocycles. The molecule has 1 fully saturated rings. The van der Waals surface area contributed by atoms with Crippen molar-refractivity contribution >= 4 is 23.9 Å². The summed E-state index contributed by atoms with van der Waals surface area (Å²) in [5.74, 6) is -2.04. The Morgan fingerprint density at radius 2 is 0.983 bits per heavy atom. The molecule has 0 spiro atoms. The molecule has 0 N–H and O–H groups in total. The molecule has 7 rings (SSSR count). The van der Waals surface area contributed by atoms with Gasteiger partial charge in [-0.15, -0.1) is 0 Å². The van der Waals surface area contributed by atoms with Gasteiger partial charge in [0.05, 0.1) is 29.4 Å². The Bertz CT molecular complexity index is 2370. The van der Waals surface area contributed by atoms with Crippen molar-refractivity contribution in [2.24, 2.45) is 0 Å². The largest absolute Gasteiger partial charge is 0.497 e. The van der Waals surface area contributed by atoms with E-state index in [0.29, 0.717) is 17.9 Å². The molecule has 0 bridgehead atoms. The summed E-state index contributed by atoms with van der Waals surface area (Å²) >= 11 is 0. The first-order valence-corrected chi connectivity index (χ1v) is 19.3. The highest BCUT2D eigenvalue weighted by Gasteiger charge is 2.60. The molecule has 6 aromatic rings. The fourth-order valence-electron chi connectivity index (χ4n) is 6.73. The number of rotatable bonds is 14. The molecule has 0 amide bonds. The molecule has 11 heteroatoms. The van der Waals surface area contributed by atoms with Gasteiger partial charge in [-0.3, -0.25) is 0 Å². The third-order valence-electron chi connectivity index (χ3n) is 9.90. The highest BCUT2D eigenvalue weighted by Crippen LogP contribution is 2.39. The Hall–Kier alpha value is -7.24. The molecule has 1 aliphatic rings. The summed E-state index contributed by atoms with van der Waals surface area (Å²) in [6, 6.07) is 47.8. The van der Waals surface area contributed by atoms with E-state index in [2.05, 4.69) is 0 Å². The number of methoxy groups -OCH3 is 1. The Balaban J connectivity index is 1.33. The number of carbonyl (C=O) groups excluding carboxylic acids is 4. The lowest BCUT2D eigenvalue weighted by Crippen LogP contribution is -2.68. The van der Waals surface area contributed by atoms with Crippen LogP contribution in [-0.4, -0.2) is 67.8 Å². The second-order valence-electron chi connectivity index (χ2n) is 14.2. The van der Waals surface area contributed by atoms with Crippen LogP contribution in [0.25, 0.3) is 0 Å². The number of ether oxygens (including phenoxy) is 7. The minimum Gasteiger partial charge on any atom is -0.497 e. The predicted molar refractivity (Wildman–Crippen MR) is 220 cm³/mol. The summed E-state index contributed by atoms with van der Waals surface area (Å²) in [7, 11) is 1.59. The maximum absolute atomic E-state index is 14.1. The molecule has 60 heavy (non-hydrogen) atoms. The van der Waals surface area contributed by atoms with Gasteiger partial charge in [0.2, 0.25) is 12.4 Å². The summed E-state index contributed by atoms with van der Waals surface area (Å²) in [6.45, 7) is 1.03. The monoisotopic (exact) mass is 806 g/mol. The zero-order valence-electron chi connectivity index (χ0n) is 32.9. The van der Waals surface area contributed by atoms with E-state index < -0.39 is 60.7 Å². The van der Waals surface area contributed by atoms with Gasteiger partial charge < -0.3 is 33.2 Å². The minimum absolute atomic E-state index is 0.171. The van der Waals surface area contributed by atoms with Gasteiger partial charge in [0, 0.05) is 6.42 Å². The predicted octanol–water partition coefficient (Wildman–Crippen LogP) is 8.31. The Morgan fingerprint density at radius 1 is 0.533 bits per heavy atom. The van der Waals surface area contributed by atoms with Crippen molar-refractivity contribution < 1.29 is 52.3 Å². The van der Waals surface area contributed by atoms with Crippen molar-refractivity contribution in [1.82, 2.24) is 0 Å². The number of hydrogen-bond acceptors (Lipinski definition) is 11. The molecular weight excluding hydrogens is 765 g/mol. The van der Waals surface area contributed by atoms with Gasteiger partial charge in [-0.25, -0.2) is 19.2 Å². The molecule has 0 radical (unpaired) electrons. The maximum atomic E-state index is 14.1. The number of benzene rings is 6. The van der Waals surface area contributed by atoms with Crippen molar-refractivity contribution in [3.63, 3.8) is 0 Å². The molecular formula is C49H42O11. The van der Waals surface area contributed by atoms with E-state index in [-0.39, 0.29) is 22.3 Å². The van der Waals surface area contributed by atoms with Gasteiger partial charge in [-0.1, -0.05) is 103 Å². The minimum atomic E-state index is -1.79. The van der Waals surface area contributed by atoms with Crippen LogP contribution >= 0.6 is 0 Å². The van der Waals surface area contributed by atoms with Crippen LogP contribution in [0.3, 0.4) is 0 Å². The van der Waals surface area contributed by atoms with Crippen molar-refractivity contribution in [2.75, 3.05) is 13.7 Å². The highest BCUT2D eigenvalue weighted by atomic mass is 16.7. The first-order valence-electron chi connectivity index (χ1n) is 19.3. The van der Waals surface area contributed by atoms with Gasteiger partial charge >= 0.3 is 23.9 Å². The summed E-state index contributed by atoms with van der Waals surface area (Å²) in [6.07, 6.45) is -5.81. The van der Waals surface area contributed by atoms with Crippen molar-refractivity contribution in [1.29, 1.82) is 0 Å². The quantitative estimate of drug-likeness (QED) is 0.0778. The summed E-state index contributed by atoms with van der Waals surface area (Å²) in [5.41, 5.74) is 0.698. The first kappa shape index (κ1) is 40.9. The summed E-state index contributed by atoms with van der Waals surface area (Å²) in [4.78, 5) is 55.5. The van der Waals surface area contributed by atoms with Gasteiger partial charge in [-0.2, -0.15) is 0 Å². The topological polar surface area (TPSA) is 133 Å². The van der Waals surface area contributed by atoms with Crippen molar-refractivity contribution in [3.05, 3.63) is 203 Å². The second-order valence-corrected chi connectivity index (χ2v) is 14.2. The average Bonchev–Trinajstić information content (AvgIpc) is 3.30. The van der Waals surface area contributed by atoms with Crippen LogP contribution in [0, 0.1) is 0 Å². The summed E-state index contributed by atoms with van der Waals surface area (Å²) in [5, 5.41) is 0. The first-order chi connectivity index (χ1) is 29.2. The van der Waals surface area contributed by atoms with Crippen LogP contribution in [0.2, 0.25) is 0 Å². The molecule has 304 valence electrons. The molecule has 6 aromatic carbocycles. The lowest BCUT2D eigenvalue weighted by Gasteiger charge is -2.49. The molecule has 0 aromatic heterocycles. The van der Waals surface area contributed by atoms with Crippen LogP contribution in [0.4, 0.5) is 0 Å². The van der Waals surface area contributed by atoms with Gasteiger partial charge in [0.15, 0.2) is 12.2 Å². The van der Waals surface area contributed by atoms with E-state index >= 15 is 0 Å². The molecule has 0 saturated carbocycles. The van der Waals surface area contributed by atoms with E-state index in [9.17, 15) is 19.2 Å². The molecule has 1 heterocycles. The number of carbonyl (C=O) groups is 4. The number of hydrogen-bond donors (Lipinski definition) is 0. The Kier molecular flexibility index (Phi) is 13.0. The fourth-order valence-corrected chi connectivity index (χ4v) is 6.73. The lowest BCUT2D eigenvalue weighted by molar-refractivity contribution is -0.310. The van der Waals surface area contributed by atoms with Gasteiger partial charge in [0.25, 0.3) is 0 Å². The zero-order chi connectivity index (χ0) is 41.9. The van der Waals surface area contributed by atoms with Crippen molar-refractivity contribution in [2.45, 2.75) is 43.5 Å². The van der Waals surface area contributed by atoms with Gasteiger partial charge in [-0.05, 0) is 84.8 Å². The standard InChI is InChI=1S/C49H42O11/c1-49(32-55-44(50)34-17-7-3-8-18-34)43(59-47(53)37-23-13-6-14-24-37)41(57-45(51)35-19-9-4-10-20-35)42(58-46(52)36-21-11-5-12-22-36)48(60-49)56-40-26-16-15-25-38(40)31-33-27-29-39(54-2)30-28-33/h3-30,41-43,48H,31-32H2,1-2H3/t41-,42-,43+,48+,49-/m1/s1. The highest BCUT2D eigenvalue weighted by molar-refractivity contribution is 5.91. The van der Waals surface area contributed by atoms with E-state index in [1.165, 1.54) is 0 Å². The Labute approximate surface area is 347 Å². The maximum Gasteiger partial charge on any atom is 0.338 e. The smallest absolute Gasteiger partial charge is 0.338 e. The number of para-hydroxylation sites is 1. The average molecular weight is 807 g/mol. The SMILES string of the molecule is COc1ccc(Cc2ccccc2O[C@H]2O[C@](C)(COC(=O)c3ccccc3)[C@@H](OC(=O)c3ccccc3)[C@H](OC(=O)c3ccccc3)[C@H]2OC(=O)c2ccccc2)cc1. The van der Waals surface area contributed by atoms with Crippen LogP contribution in [0.15, 0.2) is 170 Å². The second kappa shape index (κ2) is 19.0. The van der Waals surface area contributed by atoms with Gasteiger partial charge in [0.1, 0.15) is 23.7 Å². The molecule has 1 aliphatic heterocycles. The molecule has 5 atom stereocenters. The van der Waals surface area contributed by atoms with Crippen molar-refractivity contribution in [3.8, 4) is 11.5 Å². The van der Waals surface area contributed by atoms with Crippen LogP contribution in [0.1, 0.15) is 59.5 Å². The van der Waals surface area contributed by atoms with Crippen LogP contribution < -0.4 is 9.47 Å². The lowest BCUT2D eigenvalue weighted by atomic mass is 9.87. The van der Waals surface area contributed by atoms with Crippen LogP contribution in [-0.2, 0) is 30.1 Å². The van der Waals surface area contributed by atoms with E-state index in [0.717, 1.165) is 11.1 Å². The van der Waals surface area contributed by atoms with E-state index in [1.54, 1.807) is 147 Å². The number of esters is 4. The zero-order valence-corrected chi connectivity index (χ0v) is 32.9. The van der Waals surface area contributed by atoms with Crippen LogP contribution in [0.5, 0.6) is 11.5 Å². The fraction of sp³-hybridized carbons (Fsp3) is 0.184. The Morgan fingerprint density at radius 3 is 1.50 bits per heavy atom. The van der Waals surface area contributed by atoms with E-state index in [1.807, 2.05) is 36.4 Å². The molecule has 1 saturated heterocycles. The third-order valence-corrected chi connectivity index (χ3v) is 9.90. The third kappa shape index (κ3) is 9.88. The summed E-state index contributed by atoms with van der Waals surface area (Å²) < 4.78 is 43.4. The van der Waals surface area contributed by atoms with E-state index in [4.69, 9.17) is 33.2 Å². The molecule has 11 nitrogen and oxygen atoms in total. The normalized spacial score (nSPS) is 19.6. The molecule has 0 unspecified atom stereocenters.